The monoisotopic (exact) mass is 278 g/mol. The summed E-state index contributed by atoms with van der Waals surface area (Å²) in [5, 5.41) is 8.18. The minimum atomic E-state index is 0.0269. The Morgan fingerprint density at radius 1 is 1.30 bits per heavy atom. The van der Waals surface area contributed by atoms with Crippen molar-refractivity contribution < 1.29 is 4.79 Å². The first kappa shape index (κ1) is 16.6. The van der Waals surface area contributed by atoms with E-state index < -0.39 is 0 Å². The zero-order valence-electron chi connectivity index (χ0n) is 13.0. The normalized spacial score (nSPS) is 10.9. The molecule has 112 valence electrons. The van der Waals surface area contributed by atoms with Crippen molar-refractivity contribution in [2.75, 3.05) is 13.1 Å². The summed E-state index contributed by atoms with van der Waals surface area (Å²) in [6, 6.07) is 2.06. The van der Waals surface area contributed by atoms with Crippen LogP contribution in [0, 0.1) is 6.92 Å². The molecule has 1 rings (SSSR count). The van der Waals surface area contributed by atoms with Crippen molar-refractivity contribution in [3.63, 3.8) is 0 Å². The smallest absolute Gasteiger partial charge is 0.256 e. The van der Waals surface area contributed by atoms with E-state index in [0.717, 1.165) is 24.2 Å². The first-order valence-corrected chi connectivity index (χ1v) is 7.43. The molecule has 0 aromatic carbocycles. The third-order valence-corrected chi connectivity index (χ3v) is 3.57. The van der Waals surface area contributed by atoms with Crippen molar-refractivity contribution >= 4 is 5.91 Å². The van der Waals surface area contributed by atoms with E-state index >= 15 is 0 Å². The average Bonchev–Trinajstić information content (AvgIpc) is 2.46. The van der Waals surface area contributed by atoms with Crippen LogP contribution in [-0.2, 0) is 6.42 Å². The zero-order chi connectivity index (χ0) is 15.1. The predicted molar refractivity (Wildman–Crippen MR) is 80.6 cm³/mol. The Labute approximate surface area is 121 Å². The average molecular weight is 278 g/mol. The van der Waals surface area contributed by atoms with Gasteiger partial charge >= 0.3 is 0 Å². The Hall–Kier alpha value is -1.49. The van der Waals surface area contributed by atoms with Crippen LogP contribution in [0.3, 0.4) is 0 Å². The van der Waals surface area contributed by atoms with E-state index in [4.69, 9.17) is 5.73 Å². The summed E-state index contributed by atoms with van der Waals surface area (Å²) in [4.78, 5) is 14.7. The second-order valence-electron chi connectivity index (χ2n) is 4.96. The molecular formula is C15H26N4O. The largest absolute Gasteiger partial charge is 0.334 e. The number of nitrogens with two attached hydrogens (primary N) is 1. The summed E-state index contributed by atoms with van der Waals surface area (Å²) in [6.07, 6.45) is 2.57. The van der Waals surface area contributed by atoms with Gasteiger partial charge in [-0.2, -0.15) is 10.2 Å². The molecular weight excluding hydrogens is 252 g/mol. The highest BCUT2D eigenvalue weighted by molar-refractivity contribution is 5.95. The number of carbonyl (C=O) groups is 1. The minimum Gasteiger partial charge on any atom is -0.334 e. The lowest BCUT2D eigenvalue weighted by molar-refractivity contribution is 0.0672. The molecule has 1 aromatic heterocycles. The van der Waals surface area contributed by atoms with Crippen LogP contribution in [0.15, 0.2) is 6.07 Å². The molecule has 0 aliphatic carbocycles. The molecule has 0 saturated heterocycles. The van der Waals surface area contributed by atoms with E-state index in [1.54, 1.807) is 0 Å². The molecule has 0 bridgehead atoms. The van der Waals surface area contributed by atoms with E-state index in [2.05, 4.69) is 24.0 Å². The lowest BCUT2D eigenvalue weighted by Crippen LogP contribution is -2.43. The standard InChI is InChI=1S/C15H26N4O/c1-5-12(6-2)19(9-8-16)15(20)13-10-11(4)17-18-14(13)7-3/h10,12H,5-9,16H2,1-4H3. The molecule has 0 saturated carbocycles. The van der Waals surface area contributed by atoms with Crippen molar-refractivity contribution in [2.45, 2.75) is 53.0 Å². The van der Waals surface area contributed by atoms with E-state index in [1.807, 2.05) is 24.8 Å². The Morgan fingerprint density at radius 2 is 1.95 bits per heavy atom. The van der Waals surface area contributed by atoms with Crippen LogP contribution in [0.1, 0.15) is 55.4 Å². The fraction of sp³-hybridized carbons (Fsp3) is 0.667. The maximum atomic E-state index is 12.8. The quantitative estimate of drug-likeness (QED) is 0.827. The van der Waals surface area contributed by atoms with Gasteiger partial charge in [0.15, 0.2) is 0 Å². The second-order valence-corrected chi connectivity index (χ2v) is 4.96. The molecule has 5 heteroatoms. The molecule has 0 radical (unpaired) electrons. The number of carbonyl (C=O) groups excluding carboxylic acids is 1. The summed E-state index contributed by atoms with van der Waals surface area (Å²) in [5.41, 5.74) is 7.86. The molecule has 2 N–H and O–H groups in total. The van der Waals surface area contributed by atoms with Crippen LogP contribution in [0.25, 0.3) is 0 Å². The Balaban J connectivity index is 3.14. The van der Waals surface area contributed by atoms with Crippen LogP contribution in [0.4, 0.5) is 0 Å². The fourth-order valence-electron chi connectivity index (χ4n) is 2.43. The van der Waals surface area contributed by atoms with Crippen LogP contribution < -0.4 is 5.73 Å². The van der Waals surface area contributed by atoms with Gasteiger partial charge in [0, 0.05) is 19.1 Å². The molecule has 0 aliphatic heterocycles. The molecule has 1 aromatic rings. The number of amides is 1. The maximum absolute atomic E-state index is 12.8. The van der Waals surface area contributed by atoms with Crippen molar-refractivity contribution in [3.8, 4) is 0 Å². The Kier molecular flexibility index (Phi) is 6.58. The van der Waals surface area contributed by atoms with Crippen molar-refractivity contribution in [1.82, 2.24) is 15.1 Å². The summed E-state index contributed by atoms with van der Waals surface area (Å²) in [7, 11) is 0. The van der Waals surface area contributed by atoms with Crippen LogP contribution in [0.2, 0.25) is 0 Å². The first-order valence-electron chi connectivity index (χ1n) is 7.43. The number of hydrogen-bond acceptors (Lipinski definition) is 4. The van der Waals surface area contributed by atoms with Crippen molar-refractivity contribution in [1.29, 1.82) is 0 Å². The number of nitrogens with zero attached hydrogens (tertiary/aromatic N) is 3. The highest BCUT2D eigenvalue weighted by atomic mass is 16.2. The van der Waals surface area contributed by atoms with Crippen LogP contribution in [-0.4, -0.2) is 40.1 Å². The lowest BCUT2D eigenvalue weighted by Gasteiger charge is -2.30. The SMILES string of the molecule is CCc1nnc(C)cc1C(=O)N(CCN)C(CC)CC. The molecule has 0 aliphatic rings. The molecule has 5 nitrogen and oxygen atoms in total. The second kappa shape index (κ2) is 7.94. The van der Waals surface area contributed by atoms with Gasteiger partial charge < -0.3 is 10.6 Å². The molecule has 0 fully saturated rings. The first-order chi connectivity index (χ1) is 9.58. The van der Waals surface area contributed by atoms with Gasteiger partial charge in [-0.25, -0.2) is 0 Å². The molecule has 0 spiro atoms. The van der Waals surface area contributed by atoms with Crippen LogP contribution in [0.5, 0.6) is 0 Å². The van der Waals surface area contributed by atoms with Crippen molar-refractivity contribution in [2.24, 2.45) is 5.73 Å². The van der Waals surface area contributed by atoms with Gasteiger partial charge in [0.05, 0.1) is 17.0 Å². The minimum absolute atomic E-state index is 0.0269. The molecule has 0 unspecified atom stereocenters. The van der Waals surface area contributed by atoms with Gasteiger partial charge in [-0.05, 0) is 32.3 Å². The third kappa shape index (κ3) is 3.76. The number of hydrogen-bond donors (Lipinski definition) is 1. The highest BCUT2D eigenvalue weighted by Crippen LogP contribution is 2.16. The summed E-state index contributed by atoms with van der Waals surface area (Å²) >= 11 is 0. The van der Waals surface area contributed by atoms with Gasteiger partial charge in [0.1, 0.15) is 0 Å². The highest BCUT2D eigenvalue weighted by Gasteiger charge is 2.24. The topological polar surface area (TPSA) is 72.1 Å². The summed E-state index contributed by atoms with van der Waals surface area (Å²) in [5.74, 6) is 0.0269. The van der Waals surface area contributed by atoms with Gasteiger partial charge in [0.25, 0.3) is 5.91 Å². The Morgan fingerprint density at radius 3 is 2.45 bits per heavy atom. The summed E-state index contributed by atoms with van der Waals surface area (Å²) < 4.78 is 0. The predicted octanol–water partition coefficient (Wildman–Crippen LogP) is 1.94. The third-order valence-electron chi connectivity index (χ3n) is 3.57. The number of rotatable bonds is 7. The zero-order valence-corrected chi connectivity index (χ0v) is 13.0. The number of aromatic nitrogens is 2. The molecule has 1 amide bonds. The Bertz CT molecular complexity index is 443. The van der Waals surface area contributed by atoms with E-state index in [0.29, 0.717) is 25.1 Å². The van der Waals surface area contributed by atoms with Gasteiger partial charge in [-0.15, -0.1) is 0 Å². The molecule has 0 atom stereocenters. The van der Waals surface area contributed by atoms with Crippen molar-refractivity contribution in [3.05, 3.63) is 23.0 Å². The van der Waals surface area contributed by atoms with Gasteiger partial charge in [0.2, 0.25) is 0 Å². The van der Waals surface area contributed by atoms with E-state index in [9.17, 15) is 4.79 Å². The van der Waals surface area contributed by atoms with E-state index in [-0.39, 0.29) is 11.9 Å². The lowest BCUT2D eigenvalue weighted by atomic mass is 10.1. The summed E-state index contributed by atoms with van der Waals surface area (Å²) in [6.45, 7) is 9.09. The van der Waals surface area contributed by atoms with Crippen LogP contribution >= 0.6 is 0 Å². The number of aryl methyl sites for hydroxylation is 2. The van der Waals surface area contributed by atoms with E-state index in [1.165, 1.54) is 0 Å². The van der Waals surface area contributed by atoms with Gasteiger partial charge in [-0.3, -0.25) is 4.79 Å². The molecule has 20 heavy (non-hydrogen) atoms. The maximum Gasteiger partial charge on any atom is 0.256 e. The molecule has 1 heterocycles. The van der Waals surface area contributed by atoms with Gasteiger partial charge in [-0.1, -0.05) is 20.8 Å². The fourth-order valence-corrected chi connectivity index (χ4v) is 2.43.